The van der Waals surface area contributed by atoms with Crippen LogP contribution in [-0.4, -0.2) is 39.2 Å². The zero-order valence-electron chi connectivity index (χ0n) is 16.4. The molecule has 1 aromatic heterocycles. The van der Waals surface area contributed by atoms with Crippen LogP contribution in [0.1, 0.15) is 61.9 Å². The van der Waals surface area contributed by atoms with Gasteiger partial charge in [-0.3, -0.25) is 4.79 Å². The van der Waals surface area contributed by atoms with E-state index in [1.807, 2.05) is 18.2 Å². The number of hydrogen-bond donors (Lipinski definition) is 3. The highest BCUT2D eigenvalue weighted by Gasteiger charge is 2.27. The summed E-state index contributed by atoms with van der Waals surface area (Å²) in [6, 6.07) is 7.47. The van der Waals surface area contributed by atoms with Gasteiger partial charge in [0.15, 0.2) is 5.69 Å². The first-order valence-corrected chi connectivity index (χ1v) is 10.9. The Morgan fingerprint density at radius 3 is 2.55 bits per heavy atom. The van der Waals surface area contributed by atoms with Crippen molar-refractivity contribution in [3.63, 3.8) is 0 Å². The fourth-order valence-electron chi connectivity index (χ4n) is 4.26. The Balaban J connectivity index is 1.64. The maximum absolute atomic E-state index is 13.0. The summed E-state index contributed by atoms with van der Waals surface area (Å²) in [5.41, 5.74) is 1.36. The minimum Gasteiger partial charge on any atom is -0.391 e. The van der Waals surface area contributed by atoms with Gasteiger partial charge >= 0.3 is 0 Å². The van der Waals surface area contributed by atoms with Gasteiger partial charge < -0.3 is 15.7 Å². The van der Waals surface area contributed by atoms with Crippen LogP contribution in [0, 0.1) is 0 Å². The smallest absolute Gasteiger partial charge is 0.272 e. The van der Waals surface area contributed by atoms with Crippen LogP contribution in [0.3, 0.4) is 0 Å². The number of aliphatic hydroxyl groups excluding tert-OH is 1. The molecule has 0 radical (unpaired) electrons. The molecular formula is C22H27ClN4O2. The molecule has 0 bridgehead atoms. The van der Waals surface area contributed by atoms with Crippen LogP contribution in [0.2, 0.25) is 5.02 Å². The lowest BCUT2D eigenvalue weighted by Crippen LogP contribution is -2.45. The molecular weight excluding hydrogens is 388 g/mol. The van der Waals surface area contributed by atoms with Gasteiger partial charge in [-0.2, -0.15) is 0 Å². The molecule has 2 aliphatic carbocycles. The van der Waals surface area contributed by atoms with E-state index in [4.69, 9.17) is 16.6 Å². The van der Waals surface area contributed by atoms with Gasteiger partial charge in [-0.1, -0.05) is 55.5 Å². The second kappa shape index (κ2) is 9.09. The Labute approximate surface area is 176 Å². The number of amides is 1. The Morgan fingerprint density at radius 2 is 1.79 bits per heavy atom. The maximum atomic E-state index is 13.0. The fraction of sp³-hybridized carbons (Fsp3) is 0.500. The molecule has 29 heavy (non-hydrogen) atoms. The summed E-state index contributed by atoms with van der Waals surface area (Å²) in [6.45, 7) is 0. The number of rotatable bonds is 5. The number of carbonyl (C=O) groups excluding carboxylic acids is 1. The van der Waals surface area contributed by atoms with Crippen molar-refractivity contribution in [2.24, 2.45) is 0 Å². The van der Waals surface area contributed by atoms with Crippen LogP contribution in [0.4, 0.5) is 5.82 Å². The molecule has 0 unspecified atom stereocenters. The van der Waals surface area contributed by atoms with Gasteiger partial charge in [0.1, 0.15) is 11.5 Å². The third kappa shape index (κ3) is 4.70. The van der Waals surface area contributed by atoms with Crippen molar-refractivity contribution in [1.82, 2.24) is 15.3 Å². The highest BCUT2D eigenvalue weighted by molar-refractivity contribution is 6.33. The lowest BCUT2D eigenvalue weighted by Gasteiger charge is -2.28. The molecule has 1 heterocycles. The van der Waals surface area contributed by atoms with Gasteiger partial charge in [0.25, 0.3) is 5.91 Å². The number of aliphatic hydroxyl groups is 1. The maximum Gasteiger partial charge on any atom is 0.272 e. The molecule has 3 N–H and O–H groups in total. The molecule has 1 amide bonds. The van der Waals surface area contributed by atoms with Crippen LogP contribution in [-0.2, 0) is 0 Å². The monoisotopic (exact) mass is 414 g/mol. The Morgan fingerprint density at radius 1 is 1.07 bits per heavy atom. The largest absolute Gasteiger partial charge is 0.391 e. The van der Waals surface area contributed by atoms with E-state index in [-0.39, 0.29) is 17.6 Å². The highest BCUT2D eigenvalue weighted by atomic mass is 35.5. The molecule has 0 spiro atoms. The Kier molecular flexibility index (Phi) is 6.31. The van der Waals surface area contributed by atoms with E-state index in [1.54, 1.807) is 12.3 Å². The third-order valence-electron chi connectivity index (χ3n) is 5.87. The molecule has 2 saturated carbocycles. The predicted molar refractivity (Wildman–Crippen MR) is 114 cm³/mol. The predicted octanol–water partition coefficient (Wildman–Crippen LogP) is 4.18. The number of anilines is 1. The SMILES string of the molecule is O=C(N[C@@H]1CCCC[C@H]1O)c1ncc(NC2CCCC2)nc1-c1ccccc1Cl. The summed E-state index contributed by atoms with van der Waals surface area (Å²) in [5, 5.41) is 17.1. The summed E-state index contributed by atoms with van der Waals surface area (Å²) in [7, 11) is 0. The van der Waals surface area contributed by atoms with E-state index in [2.05, 4.69) is 15.6 Å². The summed E-state index contributed by atoms with van der Waals surface area (Å²) in [4.78, 5) is 22.2. The van der Waals surface area contributed by atoms with Crippen molar-refractivity contribution in [2.45, 2.75) is 69.6 Å². The minimum atomic E-state index is -0.521. The van der Waals surface area contributed by atoms with Gasteiger partial charge in [0, 0.05) is 11.6 Å². The highest BCUT2D eigenvalue weighted by Crippen LogP contribution is 2.30. The van der Waals surface area contributed by atoms with Crippen LogP contribution in [0.25, 0.3) is 11.3 Å². The molecule has 1 aromatic carbocycles. The van der Waals surface area contributed by atoms with E-state index in [1.165, 1.54) is 12.8 Å². The Hall–Kier alpha value is -2.18. The number of nitrogens with one attached hydrogen (secondary N) is 2. The van der Waals surface area contributed by atoms with Gasteiger partial charge in [-0.05, 0) is 31.7 Å². The van der Waals surface area contributed by atoms with Gasteiger partial charge in [0.2, 0.25) is 0 Å². The zero-order valence-corrected chi connectivity index (χ0v) is 17.2. The van der Waals surface area contributed by atoms with Gasteiger partial charge in [-0.25, -0.2) is 9.97 Å². The molecule has 0 aliphatic heterocycles. The van der Waals surface area contributed by atoms with E-state index in [0.29, 0.717) is 34.6 Å². The zero-order chi connectivity index (χ0) is 20.2. The Bertz CT molecular complexity index is 870. The standard InChI is InChI=1S/C22H27ClN4O2/c23-16-10-4-3-9-15(16)20-21(22(29)26-17-11-5-6-12-18(17)28)24-13-19(27-20)25-14-7-1-2-8-14/h3-4,9-10,13-14,17-18,28H,1-2,5-8,11-12H2,(H,25,27)(H,26,29)/t17-,18-/m1/s1. The van der Waals surface area contributed by atoms with Crippen LogP contribution in [0.5, 0.6) is 0 Å². The van der Waals surface area contributed by atoms with Crippen LogP contribution in [0.15, 0.2) is 30.5 Å². The molecule has 6 nitrogen and oxygen atoms in total. The molecule has 7 heteroatoms. The second-order valence-corrected chi connectivity index (χ2v) is 8.40. The number of aromatic nitrogens is 2. The first-order chi connectivity index (χ1) is 14.1. The van der Waals surface area contributed by atoms with Crippen molar-refractivity contribution >= 4 is 23.3 Å². The lowest BCUT2D eigenvalue weighted by atomic mass is 9.92. The van der Waals surface area contributed by atoms with E-state index >= 15 is 0 Å². The molecule has 2 fully saturated rings. The van der Waals surface area contributed by atoms with E-state index < -0.39 is 6.10 Å². The van der Waals surface area contributed by atoms with Gasteiger partial charge in [0.05, 0.1) is 23.4 Å². The molecule has 154 valence electrons. The number of hydrogen-bond acceptors (Lipinski definition) is 5. The number of benzene rings is 1. The molecule has 2 aromatic rings. The second-order valence-electron chi connectivity index (χ2n) is 7.99. The summed E-state index contributed by atoms with van der Waals surface area (Å²) < 4.78 is 0. The van der Waals surface area contributed by atoms with Crippen molar-refractivity contribution < 1.29 is 9.90 Å². The molecule has 4 rings (SSSR count). The minimum absolute atomic E-state index is 0.229. The molecule has 2 atom stereocenters. The average Bonchev–Trinajstić information content (AvgIpc) is 3.23. The summed E-state index contributed by atoms with van der Waals surface area (Å²) in [5.74, 6) is 0.326. The lowest BCUT2D eigenvalue weighted by molar-refractivity contribution is 0.0714. The van der Waals surface area contributed by atoms with E-state index in [0.717, 1.165) is 32.1 Å². The van der Waals surface area contributed by atoms with Crippen molar-refractivity contribution in [1.29, 1.82) is 0 Å². The average molecular weight is 415 g/mol. The molecule has 2 aliphatic rings. The first kappa shape index (κ1) is 20.1. The van der Waals surface area contributed by atoms with Crippen molar-refractivity contribution in [2.75, 3.05) is 5.32 Å². The van der Waals surface area contributed by atoms with Gasteiger partial charge in [-0.15, -0.1) is 0 Å². The topological polar surface area (TPSA) is 87.1 Å². The quantitative estimate of drug-likeness (QED) is 0.683. The summed E-state index contributed by atoms with van der Waals surface area (Å²) >= 11 is 6.41. The van der Waals surface area contributed by atoms with Crippen LogP contribution >= 0.6 is 11.6 Å². The number of carbonyl (C=O) groups is 1. The molecule has 0 saturated heterocycles. The number of nitrogens with zero attached hydrogens (tertiary/aromatic N) is 2. The van der Waals surface area contributed by atoms with E-state index in [9.17, 15) is 9.90 Å². The third-order valence-corrected chi connectivity index (χ3v) is 6.20. The normalized spacial score (nSPS) is 22.4. The van der Waals surface area contributed by atoms with Crippen LogP contribution < -0.4 is 10.6 Å². The fourth-order valence-corrected chi connectivity index (χ4v) is 4.49. The number of halogens is 1. The first-order valence-electron chi connectivity index (χ1n) is 10.5. The summed E-state index contributed by atoms with van der Waals surface area (Å²) in [6.07, 6.45) is 9.21. The van der Waals surface area contributed by atoms with Crippen molar-refractivity contribution in [3.8, 4) is 11.3 Å². The van der Waals surface area contributed by atoms with Crippen molar-refractivity contribution in [3.05, 3.63) is 41.2 Å².